The summed E-state index contributed by atoms with van der Waals surface area (Å²) in [5.41, 5.74) is 3.02. The Bertz CT molecular complexity index is 1240. The zero-order chi connectivity index (χ0) is 20.7. The first-order chi connectivity index (χ1) is 14.6. The number of halogens is 1. The smallest absolute Gasteiger partial charge is 0.273 e. The van der Waals surface area contributed by atoms with Crippen LogP contribution < -0.4 is 0 Å². The number of nitrogens with zero attached hydrogens (tertiary/aromatic N) is 3. The number of fused-ring (bicyclic) bond motifs is 1. The Morgan fingerprint density at radius 3 is 2.53 bits per heavy atom. The number of pyridine rings is 1. The Labute approximate surface area is 171 Å². The van der Waals surface area contributed by atoms with E-state index in [1.807, 2.05) is 12.1 Å². The SMILES string of the molecule is O=C1c2[nH]nc(-c3ccccc3O)c2[C@@H](c2ccccc2F)N1Cc1ccncc1. The number of aromatic hydroxyl groups is 1. The van der Waals surface area contributed by atoms with Gasteiger partial charge in [0, 0.05) is 35.6 Å². The van der Waals surface area contributed by atoms with Gasteiger partial charge in [0.25, 0.3) is 5.91 Å². The number of hydrogen-bond acceptors (Lipinski definition) is 4. The van der Waals surface area contributed by atoms with Crippen LogP contribution in [0.15, 0.2) is 73.1 Å². The summed E-state index contributed by atoms with van der Waals surface area (Å²) in [5.74, 6) is -0.643. The average Bonchev–Trinajstić information content (AvgIpc) is 3.30. The summed E-state index contributed by atoms with van der Waals surface area (Å²) in [6.45, 7) is 0.281. The number of amides is 1. The van der Waals surface area contributed by atoms with Crippen LogP contribution in [-0.4, -0.2) is 31.1 Å². The minimum absolute atomic E-state index is 0.0408. The second kappa shape index (κ2) is 7.11. The molecule has 2 aromatic carbocycles. The van der Waals surface area contributed by atoms with E-state index in [0.717, 1.165) is 5.56 Å². The maximum atomic E-state index is 14.9. The molecule has 5 rings (SSSR count). The highest BCUT2D eigenvalue weighted by atomic mass is 19.1. The quantitative estimate of drug-likeness (QED) is 0.541. The number of aromatic nitrogens is 3. The van der Waals surface area contributed by atoms with Crippen molar-refractivity contribution in [3.05, 3.63) is 101 Å². The summed E-state index contributed by atoms with van der Waals surface area (Å²) in [6.07, 6.45) is 3.31. The highest BCUT2D eigenvalue weighted by Crippen LogP contribution is 2.45. The number of benzene rings is 2. The van der Waals surface area contributed by atoms with Crippen LogP contribution in [0, 0.1) is 5.82 Å². The Hall–Kier alpha value is -4.00. The van der Waals surface area contributed by atoms with Crippen LogP contribution >= 0.6 is 0 Å². The number of phenols is 1. The third-order valence-corrected chi connectivity index (χ3v) is 5.33. The van der Waals surface area contributed by atoms with E-state index in [1.165, 1.54) is 6.07 Å². The van der Waals surface area contributed by atoms with Gasteiger partial charge < -0.3 is 10.0 Å². The van der Waals surface area contributed by atoms with Gasteiger partial charge in [0.15, 0.2) is 0 Å². The highest BCUT2D eigenvalue weighted by Gasteiger charge is 2.43. The first kappa shape index (κ1) is 18.1. The monoisotopic (exact) mass is 400 g/mol. The second-order valence-electron chi connectivity index (χ2n) is 7.09. The molecular formula is C23H17FN4O2. The largest absolute Gasteiger partial charge is 0.507 e. The minimum atomic E-state index is -0.685. The second-order valence-corrected chi connectivity index (χ2v) is 7.09. The standard InChI is InChI=1S/C23H17FN4O2/c24-17-7-3-1-5-15(17)22-19-20(16-6-2-4-8-18(16)29)26-27-21(19)23(30)28(22)13-14-9-11-25-12-10-14/h1-12,22,29H,13H2,(H,26,27)/t22-/m1/s1. The first-order valence-corrected chi connectivity index (χ1v) is 9.46. The molecular weight excluding hydrogens is 383 g/mol. The fourth-order valence-electron chi connectivity index (χ4n) is 3.94. The molecule has 148 valence electrons. The summed E-state index contributed by atoms with van der Waals surface area (Å²) in [7, 11) is 0. The van der Waals surface area contributed by atoms with Crippen molar-refractivity contribution >= 4 is 5.91 Å². The van der Waals surface area contributed by atoms with Crippen molar-refractivity contribution in [3.63, 3.8) is 0 Å². The Morgan fingerprint density at radius 2 is 1.77 bits per heavy atom. The van der Waals surface area contributed by atoms with Gasteiger partial charge in [0.1, 0.15) is 23.0 Å². The van der Waals surface area contributed by atoms with Crippen LogP contribution in [0.2, 0.25) is 0 Å². The summed E-state index contributed by atoms with van der Waals surface area (Å²) < 4.78 is 14.9. The average molecular weight is 400 g/mol. The molecule has 30 heavy (non-hydrogen) atoms. The number of carbonyl (C=O) groups is 1. The van der Waals surface area contributed by atoms with Gasteiger partial charge in [-0.1, -0.05) is 30.3 Å². The van der Waals surface area contributed by atoms with Crippen molar-refractivity contribution in [2.75, 3.05) is 0 Å². The van der Waals surface area contributed by atoms with Gasteiger partial charge in [-0.25, -0.2) is 4.39 Å². The van der Waals surface area contributed by atoms with E-state index in [4.69, 9.17) is 0 Å². The number of aromatic amines is 1. The molecule has 0 aliphatic carbocycles. The lowest BCUT2D eigenvalue weighted by Gasteiger charge is -2.26. The lowest BCUT2D eigenvalue weighted by Crippen LogP contribution is -2.29. The predicted octanol–water partition coefficient (Wildman–Crippen LogP) is 4.06. The number of H-pyrrole nitrogens is 1. The van der Waals surface area contributed by atoms with Gasteiger partial charge in [-0.3, -0.25) is 14.9 Å². The molecule has 0 saturated heterocycles. The molecule has 2 N–H and O–H groups in total. The van der Waals surface area contributed by atoms with Crippen molar-refractivity contribution < 1.29 is 14.3 Å². The summed E-state index contributed by atoms with van der Waals surface area (Å²) in [4.78, 5) is 18.9. The van der Waals surface area contributed by atoms with Gasteiger partial charge in [-0.2, -0.15) is 5.10 Å². The van der Waals surface area contributed by atoms with Gasteiger partial charge in [0.2, 0.25) is 0 Å². The molecule has 6 nitrogen and oxygen atoms in total. The van der Waals surface area contributed by atoms with Crippen LogP contribution in [0.4, 0.5) is 4.39 Å². The van der Waals surface area contributed by atoms with E-state index in [9.17, 15) is 14.3 Å². The Balaban J connectivity index is 1.70. The van der Waals surface area contributed by atoms with Crippen molar-refractivity contribution in [3.8, 4) is 17.0 Å². The third kappa shape index (κ3) is 2.83. The summed E-state index contributed by atoms with van der Waals surface area (Å²) >= 11 is 0. The predicted molar refractivity (Wildman–Crippen MR) is 108 cm³/mol. The number of rotatable bonds is 4. The first-order valence-electron chi connectivity index (χ1n) is 9.46. The number of nitrogens with one attached hydrogen (secondary N) is 1. The fourth-order valence-corrected chi connectivity index (χ4v) is 3.94. The van der Waals surface area contributed by atoms with E-state index in [0.29, 0.717) is 28.1 Å². The molecule has 1 amide bonds. The number of phenolic OH excluding ortho intramolecular Hbond substituents is 1. The number of carbonyl (C=O) groups excluding carboxylic acids is 1. The fraction of sp³-hybridized carbons (Fsp3) is 0.0870. The molecule has 4 aromatic rings. The molecule has 0 bridgehead atoms. The van der Waals surface area contributed by atoms with Gasteiger partial charge in [-0.05, 0) is 35.9 Å². The molecule has 0 radical (unpaired) electrons. The van der Waals surface area contributed by atoms with Crippen molar-refractivity contribution in [2.24, 2.45) is 0 Å². The van der Waals surface area contributed by atoms with Crippen LogP contribution in [0.1, 0.15) is 33.2 Å². The van der Waals surface area contributed by atoms with E-state index >= 15 is 0 Å². The molecule has 0 spiro atoms. The molecule has 1 aliphatic rings. The molecule has 0 fully saturated rings. The van der Waals surface area contributed by atoms with Gasteiger partial charge >= 0.3 is 0 Å². The van der Waals surface area contributed by atoms with E-state index in [1.54, 1.807) is 59.8 Å². The van der Waals surface area contributed by atoms with Crippen LogP contribution in [0.25, 0.3) is 11.3 Å². The van der Waals surface area contributed by atoms with E-state index < -0.39 is 11.9 Å². The van der Waals surface area contributed by atoms with Crippen molar-refractivity contribution in [1.82, 2.24) is 20.1 Å². The van der Waals surface area contributed by atoms with Crippen LogP contribution in [-0.2, 0) is 6.54 Å². The lowest BCUT2D eigenvalue weighted by molar-refractivity contribution is 0.0728. The van der Waals surface area contributed by atoms with E-state index in [2.05, 4.69) is 15.2 Å². The van der Waals surface area contributed by atoms with Gasteiger partial charge in [0.05, 0.1) is 6.04 Å². The lowest BCUT2D eigenvalue weighted by atomic mass is 9.95. The molecule has 2 aromatic heterocycles. The molecule has 0 unspecified atom stereocenters. The van der Waals surface area contributed by atoms with Crippen LogP contribution in [0.3, 0.4) is 0 Å². The Morgan fingerprint density at radius 1 is 1.03 bits per heavy atom. The maximum Gasteiger partial charge on any atom is 0.273 e. The molecule has 1 atom stereocenters. The zero-order valence-corrected chi connectivity index (χ0v) is 15.8. The zero-order valence-electron chi connectivity index (χ0n) is 15.8. The summed E-state index contributed by atoms with van der Waals surface area (Å²) in [5, 5.41) is 17.5. The normalized spacial score (nSPS) is 15.4. The number of hydrogen-bond donors (Lipinski definition) is 2. The molecule has 1 aliphatic heterocycles. The van der Waals surface area contributed by atoms with E-state index in [-0.39, 0.29) is 18.2 Å². The molecule has 3 heterocycles. The molecule has 7 heteroatoms. The van der Waals surface area contributed by atoms with Gasteiger partial charge in [-0.15, -0.1) is 0 Å². The van der Waals surface area contributed by atoms with Crippen molar-refractivity contribution in [1.29, 1.82) is 0 Å². The molecule has 0 saturated carbocycles. The third-order valence-electron chi connectivity index (χ3n) is 5.33. The maximum absolute atomic E-state index is 14.9. The highest BCUT2D eigenvalue weighted by molar-refractivity contribution is 6.00. The Kier molecular flexibility index (Phi) is 4.28. The number of para-hydroxylation sites is 1. The minimum Gasteiger partial charge on any atom is -0.507 e. The van der Waals surface area contributed by atoms with Crippen LogP contribution in [0.5, 0.6) is 5.75 Å². The summed E-state index contributed by atoms with van der Waals surface area (Å²) in [6, 6.07) is 16.1. The van der Waals surface area contributed by atoms with Crippen molar-refractivity contribution in [2.45, 2.75) is 12.6 Å². The topological polar surface area (TPSA) is 82.1 Å².